The second-order valence-corrected chi connectivity index (χ2v) is 8.27. The highest BCUT2D eigenvalue weighted by molar-refractivity contribution is 7.98. The van der Waals surface area contributed by atoms with Crippen molar-refractivity contribution in [2.45, 2.75) is 31.1 Å². The van der Waals surface area contributed by atoms with E-state index in [1.54, 1.807) is 18.2 Å². The lowest BCUT2D eigenvalue weighted by Gasteiger charge is -2.19. The number of carbonyl (C=O) groups is 3. The summed E-state index contributed by atoms with van der Waals surface area (Å²) < 4.78 is 4.93. The number of amides is 2. The van der Waals surface area contributed by atoms with Gasteiger partial charge in [0, 0.05) is 10.5 Å². The molecular formula is C22H26N2O4S. The normalized spacial score (nSPS) is 10.9. The Balaban J connectivity index is 1.78. The van der Waals surface area contributed by atoms with Gasteiger partial charge in [0.1, 0.15) is 6.54 Å². The molecule has 2 amide bonds. The summed E-state index contributed by atoms with van der Waals surface area (Å²) in [6, 6.07) is 14.6. The van der Waals surface area contributed by atoms with Crippen LogP contribution >= 0.6 is 11.8 Å². The van der Waals surface area contributed by atoms with Gasteiger partial charge in [0.05, 0.1) is 5.69 Å². The summed E-state index contributed by atoms with van der Waals surface area (Å²) in [4.78, 5) is 36.9. The molecule has 2 rings (SSSR count). The van der Waals surface area contributed by atoms with Crippen molar-refractivity contribution in [3.8, 4) is 0 Å². The smallest absolute Gasteiger partial charge is 0.325 e. The number of anilines is 1. The first-order chi connectivity index (χ1) is 13.7. The van der Waals surface area contributed by atoms with Gasteiger partial charge in [-0.2, -0.15) is 0 Å². The average molecular weight is 415 g/mol. The third-order valence-corrected chi connectivity index (χ3v) is 4.95. The predicted molar refractivity (Wildman–Crippen MR) is 115 cm³/mol. The minimum atomic E-state index is -0.682. The van der Waals surface area contributed by atoms with E-state index in [2.05, 4.69) is 31.4 Å². The zero-order chi connectivity index (χ0) is 21.4. The zero-order valence-electron chi connectivity index (χ0n) is 17.1. The van der Waals surface area contributed by atoms with E-state index in [1.807, 2.05) is 36.6 Å². The number of ether oxygens (including phenoxy) is 1. The lowest BCUT2D eigenvalue weighted by molar-refractivity contribution is -0.146. The van der Waals surface area contributed by atoms with Crippen molar-refractivity contribution in [1.29, 1.82) is 0 Å². The minimum Gasteiger partial charge on any atom is -0.454 e. The molecule has 29 heavy (non-hydrogen) atoms. The van der Waals surface area contributed by atoms with Crippen LogP contribution in [0.25, 0.3) is 0 Å². The van der Waals surface area contributed by atoms with Gasteiger partial charge in [-0.25, -0.2) is 0 Å². The molecule has 0 radical (unpaired) electrons. The standard InChI is InChI=1S/C22H26N2O4S/c1-22(2,3)16-11-9-15(10-12-16)21(27)23-13-20(26)28-14-19(25)24-17-7-5-6-8-18(17)29-4/h5-12H,13-14H2,1-4H3,(H,23,27)(H,24,25). The van der Waals surface area contributed by atoms with Gasteiger partial charge in [-0.3, -0.25) is 14.4 Å². The number of esters is 1. The van der Waals surface area contributed by atoms with E-state index in [0.717, 1.165) is 10.5 Å². The molecule has 0 aliphatic carbocycles. The van der Waals surface area contributed by atoms with Crippen LogP contribution in [0.1, 0.15) is 36.7 Å². The summed E-state index contributed by atoms with van der Waals surface area (Å²) in [5.74, 6) is -1.50. The Morgan fingerprint density at radius 2 is 1.66 bits per heavy atom. The van der Waals surface area contributed by atoms with E-state index in [4.69, 9.17) is 4.74 Å². The molecule has 0 saturated heterocycles. The third kappa shape index (κ3) is 6.94. The molecule has 154 valence electrons. The van der Waals surface area contributed by atoms with E-state index >= 15 is 0 Å². The lowest BCUT2D eigenvalue weighted by atomic mass is 9.87. The maximum Gasteiger partial charge on any atom is 0.325 e. The van der Waals surface area contributed by atoms with Gasteiger partial charge < -0.3 is 15.4 Å². The SMILES string of the molecule is CSc1ccccc1NC(=O)COC(=O)CNC(=O)c1ccc(C(C)(C)C)cc1. The number of rotatable bonds is 7. The molecule has 0 unspecified atom stereocenters. The van der Waals surface area contributed by atoms with Crippen molar-refractivity contribution >= 4 is 35.2 Å². The summed E-state index contributed by atoms with van der Waals surface area (Å²) >= 11 is 1.50. The van der Waals surface area contributed by atoms with Crippen LogP contribution in [0.5, 0.6) is 0 Å². The number of para-hydroxylation sites is 1. The second-order valence-electron chi connectivity index (χ2n) is 7.42. The van der Waals surface area contributed by atoms with Crippen LogP contribution in [0.3, 0.4) is 0 Å². The number of thioether (sulfide) groups is 1. The highest BCUT2D eigenvalue weighted by Gasteiger charge is 2.15. The van der Waals surface area contributed by atoms with Crippen molar-refractivity contribution in [3.63, 3.8) is 0 Å². The van der Waals surface area contributed by atoms with Crippen molar-refractivity contribution in [3.05, 3.63) is 59.7 Å². The molecule has 7 heteroatoms. The first-order valence-corrected chi connectivity index (χ1v) is 10.4. The molecule has 0 saturated carbocycles. The molecule has 2 aromatic carbocycles. The van der Waals surface area contributed by atoms with Gasteiger partial charge >= 0.3 is 5.97 Å². The molecule has 0 aliphatic heterocycles. The quantitative estimate of drug-likeness (QED) is 0.534. The Morgan fingerprint density at radius 1 is 1.00 bits per heavy atom. The third-order valence-electron chi connectivity index (χ3n) is 4.15. The van der Waals surface area contributed by atoms with Crippen LogP contribution in [-0.2, 0) is 19.7 Å². The Bertz CT molecular complexity index is 873. The Labute approximate surface area is 175 Å². The topological polar surface area (TPSA) is 84.5 Å². The van der Waals surface area contributed by atoms with Gasteiger partial charge in [-0.05, 0) is 41.5 Å². The molecule has 0 bridgehead atoms. The lowest BCUT2D eigenvalue weighted by Crippen LogP contribution is -2.32. The predicted octanol–water partition coefficient (Wildman–Crippen LogP) is 3.62. The summed E-state index contributed by atoms with van der Waals surface area (Å²) in [6.45, 7) is 5.54. The Morgan fingerprint density at radius 3 is 2.28 bits per heavy atom. The summed E-state index contributed by atoms with van der Waals surface area (Å²) in [7, 11) is 0. The van der Waals surface area contributed by atoms with Crippen molar-refractivity contribution in [2.75, 3.05) is 24.7 Å². The van der Waals surface area contributed by atoms with Crippen molar-refractivity contribution < 1.29 is 19.1 Å². The number of hydrogen-bond acceptors (Lipinski definition) is 5. The molecule has 0 heterocycles. The molecule has 0 aliphatic rings. The molecule has 2 N–H and O–H groups in total. The van der Waals surface area contributed by atoms with Gasteiger partial charge in [-0.1, -0.05) is 45.0 Å². The van der Waals surface area contributed by atoms with E-state index in [1.165, 1.54) is 11.8 Å². The van der Waals surface area contributed by atoms with E-state index in [-0.39, 0.29) is 17.9 Å². The number of benzene rings is 2. The first kappa shape index (κ1) is 22.5. The van der Waals surface area contributed by atoms with Gasteiger partial charge in [0.2, 0.25) is 0 Å². The fourth-order valence-corrected chi connectivity index (χ4v) is 3.06. The maximum absolute atomic E-state index is 12.2. The molecule has 2 aromatic rings. The van der Waals surface area contributed by atoms with E-state index in [9.17, 15) is 14.4 Å². The molecule has 0 spiro atoms. The van der Waals surface area contributed by atoms with Crippen LogP contribution < -0.4 is 10.6 Å². The van der Waals surface area contributed by atoms with Crippen LogP contribution in [0.4, 0.5) is 5.69 Å². The van der Waals surface area contributed by atoms with E-state index in [0.29, 0.717) is 11.3 Å². The van der Waals surface area contributed by atoms with Crippen molar-refractivity contribution in [2.24, 2.45) is 0 Å². The molecule has 6 nitrogen and oxygen atoms in total. The minimum absolute atomic E-state index is 0.00425. The van der Waals surface area contributed by atoms with Gasteiger partial charge in [0.15, 0.2) is 6.61 Å². The van der Waals surface area contributed by atoms with Crippen molar-refractivity contribution in [1.82, 2.24) is 5.32 Å². The van der Waals surface area contributed by atoms with Crippen LogP contribution in [-0.4, -0.2) is 37.2 Å². The van der Waals surface area contributed by atoms with E-state index < -0.39 is 18.5 Å². The molecule has 0 atom stereocenters. The largest absolute Gasteiger partial charge is 0.454 e. The van der Waals surface area contributed by atoms with Gasteiger partial charge in [-0.15, -0.1) is 11.8 Å². The fourth-order valence-electron chi connectivity index (χ4n) is 2.51. The zero-order valence-corrected chi connectivity index (χ0v) is 17.9. The molecule has 0 aromatic heterocycles. The van der Waals surface area contributed by atoms with Crippen LogP contribution in [0.15, 0.2) is 53.4 Å². The fraction of sp³-hybridized carbons (Fsp3) is 0.318. The summed E-state index contributed by atoms with van der Waals surface area (Å²) in [5.41, 5.74) is 2.23. The van der Waals surface area contributed by atoms with Crippen LogP contribution in [0, 0.1) is 0 Å². The monoisotopic (exact) mass is 414 g/mol. The second kappa shape index (κ2) is 10.1. The number of hydrogen-bond donors (Lipinski definition) is 2. The maximum atomic E-state index is 12.2. The Hall–Kier alpha value is -2.80. The summed E-state index contributed by atoms with van der Waals surface area (Å²) in [6.07, 6.45) is 1.91. The summed E-state index contributed by atoms with van der Waals surface area (Å²) in [5, 5.41) is 5.20. The highest BCUT2D eigenvalue weighted by Crippen LogP contribution is 2.24. The number of nitrogens with one attached hydrogen (secondary N) is 2. The molecular weight excluding hydrogens is 388 g/mol. The molecule has 0 fully saturated rings. The number of carbonyl (C=O) groups excluding carboxylic acids is 3. The average Bonchev–Trinajstić information content (AvgIpc) is 2.70. The first-order valence-electron chi connectivity index (χ1n) is 9.18. The Kier molecular flexibility index (Phi) is 7.84. The van der Waals surface area contributed by atoms with Gasteiger partial charge in [0.25, 0.3) is 11.8 Å². The highest BCUT2D eigenvalue weighted by atomic mass is 32.2. The van der Waals surface area contributed by atoms with Crippen LogP contribution in [0.2, 0.25) is 0 Å².